The minimum Gasteiger partial charge on any atom is -0.371 e. The van der Waals surface area contributed by atoms with E-state index in [9.17, 15) is 4.39 Å². The van der Waals surface area contributed by atoms with Crippen molar-refractivity contribution in [3.8, 4) is 0 Å². The van der Waals surface area contributed by atoms with Crippen LogP contribution in [0.1, 0.15) is 55.3 Å². The lowest BCUT2D eigenvalue weighted by Crippen LogP contribution is -2.33. The van der Waals surface area contributed by atoms with Crippen molar-refractivity contribution in [2.45, 2.75) is 44.1 Å². The van der Waals surface area contributed by atoms with E-state index >= 15 is 0 Å². The fraction of sp³-hybridized carbons (Fsp3) is 0.625. The maximum atomic E-state index is 14.3. The average molecular weight is 263 g/mol. The molecule has 0 bridgehead atoms. The molecule has 2 nitrogen and oxygen atoms in total. The molecule has 3 heteroatoms. The fourth-order valence-electron chi connectivity index (χ4n) is 3.27. The third kappa shape index (κ3) is 2.98. The molecule has 1 N–H and O–H groups in total. The highest BCUT2D eigenvalue weighted by Gasteiger charge is 2.21. The Kier molecular flexibility index (Phi) is 4.14. The molecule has 0 spiro atoms. The van der Waals surface area contributed by atoms with Gasteiger partial charge >= 0.3 is 0 Å². The van der Waals surface area contributed by atoms with Crippen LogP contribution in [0.2, 0.25) is 0 Å². The van der Waals surface area contributed by atoms with E-state index < -0.39 is 0 Å². The number of hydrogen-bond acceptors (Lipinski definition) is 2. The molecule has 2 aliphatic rings. The summed E-state index contributed by atoms with van der Waals surface area (Å²) in [4.78, 5) is 0. The van der Waals surface area contributed by atoms with Gasteiger partial charge in [0, 0.05) is 13.1 Å². The summed E-state index contributed by atoms with van der Waals surface area (Å²) in [7, 11) is 0. The second-order valence-electron chi connectivity index (χ2n) is 5.68. The number of rotatable bonds is 2. The first-order valence-electron chi connectivity index (χ1n) is 7.46. The predicted octanol–water partition coefficient (Wildman–Crippen LogP) is 3.53. The first-order chi connectivity index (χ1) is 9.34. The smallest absolute Gasteiger partial charge is 0.127 e. The van der Waals surface area contributed by atoms with Crippen LogP contribution < -0.4 is 5.32 Å². The maximum Gasteiger partial charge on any atom is 0.127 e. The van der Waals surface area contributed by atoms with E-state index in [1.165, 1.54) is 19.3 Å². The molecule has 1 aliphatic heterocycles. The standard InChI is InChI=1S/C16H22FNO/c17-15-10-13(16-11-18-8-9-19-16)6-7-14(15)12-4-2-1-3-5-12/h6-7,10,12,16,18H,1-5,8-9,11H2. The molecule has 2 fully saturated rings. The van der Waals surface area contributed by atoms with Crippen LogP contribution >= 0.6 is 0 Å². The molecule has 1 aromatic carbocycles. The van der Waals surface area contributed by atoms with Crippen molar-refractivity contribution in [1.82, 2.24) is 5.32 Å². The van der Waals surface area contributed by atoms with Crippen LogP contribution in [0.15, 0.2) is 18.2 Å². The van der Waals surface area contributed by atoms with E-state index in [-0.39, 0.29) is 11.9 Å². The van der Waals surface area contributed by atoms with Crippen molar-refractivity contribution in [2.24, 2.45) is 0 Å². The van der Waals surface area contributed by atoms with Crippen LogP contribution in [0.5, 0.6) is 0 Å². The highest BCUT2D eigenvalue weighted by molar-refractivity contribution is 5.29. The van der Waals surface area contributed by atoms with Gasteiger partial charge in [0.1, 0.15) is 5.82 Å². The summed E-state index contributed by atoms with van der Waals surface area (Å²) in [5, 5.41) is 3.28. The molecule has 0 aromatic heterocycles. The molecule has 3 rings (SSSR count). The third-order valence-corrected chi connectivity index (χ3v) is 4.37. The van der Waals surface area contributed by atoms with E-state index in [0.717, 1.165) is 37.1 Å². The first kappa shape index (κ1) is 13.1. The van der Waals surface area contributed by atoms with Crippen LogP contribution in [0.25, 0.3) is 0 Å². The molecular weight excluding hydrogens is 241 g/mol. The molecule has 1 saturated carbocycles. The lowest BCUT2D eigenvalue weighted by Gasteiger charge is -2.26. The zero-order valence-electron chi connectivity index (χ0n) is 11.3. The molecule has 0 amide bonds. The molecule has 1 saturated heterocycles. The van der Waals surface area contributed by atoms with Gasteiger partial charge in [-0.3, -0.25) is 0 Å². The summed E-state index contributed by atoms with van der Waals surface area (Å²) >= 11 is 0. The van der Waals surface area contributed by atoms with Gasteiger partial charge in [-0.1, -0.05) is 31.4 Å². The summed E-state index contributed by atoms with van der Waals surface area (Å²) in [6.07, 6.45) is 6.06. The monoisotopic (exact) mass is 263 g/mol. The van der Waals surface area contributed by atoms with Gasteiger partial charge in [0.2, 0.25) is 0 Å². The predicted molar refractivity (Wildman–Crippen MR) is 73.8 cm³/mol. The van der Waals surface area contributed by atoms with E-state index in [2.05, 4.69) is 5.32 Å². The second kappa shape index (κ2) is 6.02. The van der Waals surface area contributed by atoms with Gasteiger partial charge in [-0.15, -0.1) is 0 Å². The Bertz CT molecular complexity index is 423. The number of ether oxygens (including phenoxy) is 1. The molecule has 104 valence electrons. The van der Waals surface area contributed by atoms with Crippen molar-refractivity contribution in [1.29, 1.82) is 0 Å². The lowest BCUT2D eigenvalue weighted by molar-refractivity contribution is 0.0275. The van der Waals surface area contributed by atoms with Crippen LogP contribution in [-0.4, -0.2) is 19.7 Å². The second-order valence-corrected chi connectivity index (χ2v) is 5.68. The zero-order chi connectivity index (χ0) is 13.1. The van der Waals surface area contributed by atoms with E-state index in [4.69, 9.17) is 4.74 Å². The SMILES string of the molecule is Fc1cc(C2CNCCO2)ccc1C1CCCCC1. The molecule has 19 heavy (non-hydrogen) atoms. The minimum atomic E-state index is -0.0430. The Morgan fingerprint density at radius 3 is 2.68 bits per heavy atom. The number of morpholine rings is 1. The normalized spacial score (nSPS) is 25.4. The molecule has 1 heterocycles. The zero-order valence-corrected chi connectivity index (χ0v) is 11.3. The molecule has 1 unspecified atom stereocenters. The Hall–Kier alpha value is -0.930. The van der Waals surface area contributed by atoms with Gasteiger partial charge in [0.25, 0.3) is 0 Å². The van der Waals surface area contributed by atoms with Gasteiger partial charge in [-0.05, 0) is 36.0 Å². The van der Waals surface area contributed by atoms with E-state index in [1.54, 1.807) is 6.07 Å². The van der Waals surface area contributed by atoms with Gasteiger partial charge in [0.15, 0.2) is 0 Å². The van der Waals surface area contributed by atoms with Crippen molar-refractivity contribution >= 4 is 0 Å². The lowest BCUT2D eigenvalue weighted by atomic mass is 9.83. The Balaban J connectivity index is 1.76. The van der Waals surface area contributed by atoms with E-state index in [0.29, 0.717) is 12.5 Å². The summed E-state index contributed by atoms with van der Waals surface area (Å²) in [6.45, 7) is 2.37. The summed E-state index contributed by atoms with van der Waals surface area (Å²) < 4.78 is 20.0. The summed E-state index contributed by atoms with van der Waals surface area (Å²) in [5.74, 6) is 0.381. The molecule has 0 radical (unpaired) electrons. The van der Waals surface area contributed by atoms with Crippen molar-refractivity contribution in [2.75, 3.05) is 19.7 Å². The molecular formula is C16H22FNO. The van der Waals surface area contributed by atoms with Gasteiger partial charge < -0.3 is 10.1 Å². The molecule has 1 atom stereocenters. The highest BCUT2D eigenvalue weighted by atomic mass is 19.1. The van der Waals surface area contributed by atoms with Gasteiger partial charge in [0.05, 0.1) is 12.7 Å². The van der Waals surface area contributed by atoms with Crippen molar-refractivity contribution in [3.05, 3.63) is 35.1 Å². The minimum absolute atomic E-state index is 0.00339. The quantitative estimate of drug-likeness (QED) is 0.881. The Labute approximate surface area is 114 Å². The van der Waals surface area contributed by atoms with Gasteiger partial charge in [-0.25, -0.2) is 4.39 Å². The number of benzene rings is 1. The number of halogens is 1. The van der Waals surface area contributed by atoms with Crippen LogP contribution in [0.4, 0.5) is 4.39 Å². The van der Waals surface area contributed by atoms with Gasteiger partial charge in [-0.2, -0.15) is 0 Å². The average Bonchev–Trinajstić information content (AvgIpc) is 2.49. The van der Waals surface area contributed by atoms with Crippen LogP contribution in [-0.2, 0) is 4.74 Å². The third-order valence-electron chi connectivity index (χ3n) is 4.37. The summed E-state index contributed by atoms with van der Waals surface area (Å²) in [6, 6.07) is 5.71. The first-order valence-corrected chi connectivity index (χ1v) is 7.46. The topological polar surface area (TPSA) is 21.3 Å². The Morgan fingerprint density at radius 1 is 1.16 bits per heavy atom. The fourth-order valence-corrected chi connectivity index (χ4v) is 3.27. The molecule has 1 aliphatic carbocycles. The van der Waals surface area contributed by atoms with Crippen LogP contribution in [0, 0.1) is 5.82 Å². The summed E-state index contributed by atoms with van der Waals surface area (Å²) in [5.41, 5.74) is 1.87. The van der Waals surface area contributed by atoms with Crippen molar-refractivity contribution < 1.29 is 9.13 Å². The number of hydrogen-bond donors (Lipinski definition) is 1. The van der Waals surface area contributed by atoms with Crippen molar-refractivity contribution in [3.63, 3.8) is 0 Å². The highest BCUT2D eigenvalue weighted by Crippen LogP contribution is 2.35. The largest absolute Gasteiger partial charge is 0.371 e. The molecule has 1 aromatic rings. The van der Waals surface area contributed by atoms with E-state index in [1.807, 2.05) is 12.1 Å². The maximum absolute atomic E-state index is 14.3. The van der Waals surface area contributed by atoms with Crippen LogP contribution in [0.3, 0.4) is 0 Å². The number of nitrogens with one attached hydrogen (secondary N) is 1. The Morgan fingerprint density at radius 2 is 2.00 bits per heavy atom.